The van der Waals surface area contributed by atoms with Crippen LogP contribution in [0.1, 0.15) is 12.8 Å². The molecule has 0 aliphatic carbocycles. The van der Waals surface area contributed by atoms with Crippen molar-refractivity contribution in [2.75, 3.05) is 50.7 Å². The lowest BCUT2D eigenvalue weighted by molar-refractivity contribution is -0.131. The van der Waals surface area contributed by atoms with E-state index >= 15 is 0 Å². The fraction of sp³-hybridized carbons (Fsp3) is 0.500. The molecule has 2 fully saturated rings. The van der Waals surface area contributed by atoms with Crippen molar-refractivity contribution in [3.63, 3.8) is 0 Å². The molecule has 0 bridgehead atoms. The fourth-order valence-corrected chi connectivity index (χ4v) is 4.13. The van der Waals surface area contributed by atoms with Crippen LogP contribution in [0.5, 0.6) is 0 Å². The van der Waals surface area contributed by atoms with Crippen LogP contribution in [-0.4, -0.2) is 71.5 Å². The van der Waals surface area contributed by atoms with E-state index in [4.69, 9.17) is 0 Å². The first-order chi connectivity index (χ1) is 12.3. The highest BCUT2D eigenvalue weighted by atomic mass is 32.1. The van der Waals surface area contributed by atoms with Crippen molar-refractivity contribution in [3.05, 3.63) is 29.2 Å². The maximum absolute atomic E-state index is 12.3. The zero-order chi connectivity index (χ0) is 17.1. The zero-order valence-electron chi connectivity index (χ0n) is 14.3. The Bertz CT molecular complexity index is 706. The van der Waals surface area contributed by atoms with Crippen LogP contribution in [0.4, 0.5) is 5.82 Å². The van der Waals surface area contributed by atoms with Crippen LogP contribution >= 0.6 is 11.3 Å². The van der Waals surface area contributed by atoms with Crippen molar-refractivity contribution in [1.29, 1.82) is 0 Å². The van der Waals surface area contributed by atoms with Crippen molar-refractivity contribution in [3.8, 4) is 11.3 Å². The van der Waals surface area contributed by atoms with Gasteiger partial charge in [0.1, 0.15) is 12.1 Å². The molecule has 6 nitrogen and oxygen atoms in total. The van der Waals surface area contributed by atoms with E-state index in [1.54, 1.807) is 17.7 Å². The Morgan fingerprint density at radius 3 is 2.60 bits per heavy atom. The molecule has 7 heteroatoms. The number of hydrogen-bond donors (Lipinski definition) is 0. The molecule has 0 N–H and O–H groups in total. The van der Waals surface area contributed by atoms with Gasteiger partial charge in [-0.1, -0.05) is 0 Å². The molecule has 2 saturated heterocycles. The number of piperazine rings is 1. The number of carbonyl (C=O) groups excluding carboxylic acids is 1. The lowest BCUT2D eigenvalue weighted by Crippen LogP contribution is -2.50. The molecule has 0 aromatic carbocycles. The van der Waals surface area contributed by atoms with Crippen LogP contribution in [0.3, 0.4) is 0 Å². The highest BCUT2D eigenvalue weighted by Gasteiger charge is 2.24. The largest absolute Gasteiger partial charge is 0.354 e. The second-order valence-corrected chi connectivity index (χ2v) is 7.40. The number of likely N-dealkylation sites (tertiary alicyclic amines) is 1. The van der Waals surface area contributed by atoms with Crippen molar-refractivity contribution in [2.24, 2.45) is 0 Å². The first-order valence-corrected chi connectivity index (χ1v) is 9.83. The molecule has 4 rings (SSSR count). The molecule has 25 heavy (non-hydrogen) atoms. The van der Waals surface area contributed by atoms with Gasteiger partial charge in [-0.05, 0) is 24.3 Å². The highest BCUT2D eigenvalue weighted by Crippen LogP contribution is 2.23. The molecule has 132 valence electrons. The summed E-state index contributed by atoms with van der Waals surface area (Å²) < 4.78 is 0. The van der Waals surface area contributed by atoms with E-state index in [0.29, 0.717) is 6.54 Å². The van der Waals surface area contributed by atoms with Crippen LogP contribution in [0.25, 0.3) is 11.3 Å². The van der Waals surface area contributed by atoms with E-state index in [-0.39, 0.29) is 5.91 Å². The summed E-state index contributed by atoms with van der Waals surface area (Å²) in [6.07, 6.45) is 3.95. The predicted octanol–water partition coefficient (Wildman–Crippen LogP) is 1.95. The average Bonchev–Trinajstić information content (AvgIpc) is 3.36. The summed E-state index contributed by atoms with van der Waals surface area (Å²) >= 11 is 1.68. The molecule has 0 saturated carbocycles. The minimum atomic E-state index is 0.285. The Morgan fingerprint density at radius 2 is 1.88 bits per heavy atom. The molecule has 4 heterocycles. The van der Waals surface area contributed by atoms with Gasteiger partial charge in [0.2, 0.25) is 5.91 Å². The summed E-state index contributed by atoms with van der Waals surface area (Å²) in [6.45, 7) is 6.02. The first kappa shape index (κ1) is 16.5. The maximum atomic E-state index is 12.3. The molecule has 0 spiro atoms. The van der Waals surface area contributed by atoms with Crippen LogP contribution in [0, 0.1) is 0 Å². The average molecular weight is 357 g/mol. The number of carbonyl (C=O) groups is 1. The van der Waals surface area contributed by atoms with Gasteiger partial charge in [0.25, 0.3) is 0 Å². The summed E-state index contributed by atoms with van der Waals surface area (Å²) in [5.41, 5.74) is 2.11. The molecule has 2 aliphatic heterocycles. The molecular weight excluding hydrogens is 334 g/mol. The van der Waals surface area contributed by atoms with Crippen LogP contribution in [0.2, 0.25) is 0 Å². The van der Waals surface area contributed by atoms with Gasteiger partial charge in [-0.3, -0.25) is 9.69 Å². The third-order valence-corrected chi connectivity index (χ3v) is 5.67. The van der Waals surface area contributed by atoms with E-state index in [2.05, 4.69) is 42.7 Å². The van der Waals surface area contributed by atoms with Gasteiger partial charge in [-0.2, -0.15) is 11.3 Å². The number of amides is 1. The lowest BCUT2D eigenvalue weighted by Gasteiger charge is -2.35. The Balaban J connectivity index is 1.34. The van der Waals surface area contributed by atoms with E-state index in [1.807, 2.05) is 4.90 Å². The number of hydrogen-bond acceptors (Lipinski definition) is 6. The minimum absolute atomic E-state index is 0.285. The molecule has 1 amide bonds. The summed E-state index contributed by atoms with van der Waals surface area (Å²) in [7, 11) is 0. The predicted molar refractivity (Wildman–Crippen MR) is 99.8 cm³/mol. The molecule has 2 aromatic rings. The van der Waals surface area contributed by atoms with Gasteiger partial charge in [0.05, 0.1) is 12.2 Å². The number of thiophene rings is 1. The van der Waals surface area contributed by atoms with E-state index in [9.17, 15) is 4.79 Å². The first-order valence-electron chi connectivity index (χ1n) is 8.89. The van der Waals surface area contributed by atoms with Crippen molar-refractivity contribution in [1.82, 2.24) is 19.8 Å². The standard InChI is InChI=1S/C18H23N5OS/c24-18(23-4-1-2-5-23)12-21-6-8-22(9-7-21)17-11-16(19-14-20-17)15-3-10-25-13-15/h3,10-11,13-14H,1-2,4-9,12H2. The SMILES string of the molecule is O=C(CN1CCN(c2cc(-c3ccsc3)ncn2)CC1)N1CCCC1. The minimum Gasteiger partial charge on any atom is -0.354 e. The normalized spacial score (nSPS) is 18.7. The van der Waals surface area contributed by atoms with Crippen LogP contribution in [-0.2, 0) is 4.79 Å². The van der Waals surface area contributed by atoms with Gasteiger partial charge >= 0.3 is 0 Å². The number of nitrogens with zero attached hydrogens (tertiary/aromatic N) is 5. The van der Waals surface area contributed by atoms with Gasteiger partial charge in [-0.15, -0.1) is 0 Å². The fourth-order valence-electron chi connectivity index (χ4n) is 3.48. The van der Waals surface area contributed by atoms with Crippen molar-refractivity contribution < 1.29 is 4.79 Å². The van der Waals surface area contributed by atoms with Gasteiger partial charge in [-0.25, -0.2) is 9.97 Å². The van der Waals surface area contributed by atoms with Crippen molar-refractivity contribution in [2.45, 2.75) is 12.8 Å². The van der Waals surface area contributed by atoms with E-state index in [1.165, 1.54) is 0 Å². The van der Waals surface area contributed by atoms with Crippen molar-refractivity contribution >= 4 is 23.1 Å². The third kappa shape index (κ3) is 3.82. The second-order valence-electron chi connectivity index (χ2n) is 6.62. The number of anilines is 1. The summed E-state index contributed by atoms with van der Waals surface area (Å²) in [6, 6.07) is 4.14. The summed E-state index contributed by atoms with van der Waals surface area (Å²) in [4.78, 5) is 27.7. The molecular formula is C18H23N5OS. The maximum Gasteiger partial charge on any atom is 0.236 e. The monoisotopic (exact) mass is 357 g/mol. The Kier molecular flexibility index (Phi) is 4.94. The second kappa shape index (κ2) is 7.49. The van der Waals surface area contributed by atoms with Crippen LogP contribution in [0.15, 0.2) is 29.2 Å². The number of aromatic nitrogens is 2. The van der Waals surface area contributed by atoms with E-state index < -0.39 is 0 Å². The Morgan fingerprint density at radius 1 is 1.08 bits per heavy atom. The molecule has 0 radical (unpaired) electrons. The number of rotatable bonds is 4. The topological polar surface area (TPSA) is 52.6 Å². The van der Waals surface area contributed by atoms with Crippen LogP contribution < -0.4 is 4.90 Å². The zero-order valence-corrected chi connectivity index (χ0v) is 15.1. The summed E-state index contributed by atoms with van der Waals surface area (Å²) in [5, 5.41) is 4.17. The van der Waals surface area contributed by atoms with Gasteiger partial charge in [0, 0.05) is 56.3 Å². The molecule has 0 unspecified atom stereocenters. The quantitative estimate of drug-likeness (QED) is 0.837. The summed E-state index contributed by atoms with van der Waals surface area (Å²) in [5.74, 6) is 1.26. The Labute approximate surface area is 152 Å². The lowest BCUT2D eigenvalue weighted by atomic mass is 10.2. The molecule has 2 aromatic heterocycles. The Hall–Kier alpha value is -1.99. The van der Waals surface area contributed by atoms with Gasteiger partial charge < -0.3 is 9.80 Å². The van der Waals surface area contributed by atoms with Gasteiger partial charge in [0.15, 0.2) is 0 Å². The third-order valence-electron chi connectivity index (χ3n) is 4.98. The van der Waals surface area contributed by atoms with E-state index in [0.717, 1.165) is 69.2 Å². The highest BCUT2D eigenvalue weighted by molar-refractivity contribution is 7.08. The molecule has 2 aliphatic rings. The molecule has 0 atom stereocenters. The smallest absolute Gasteiger partial charge is 0.236 e.